The molecular formula is C29H82. The van der Waals surface area contributed by atoms with Crippen molar-refractivity contribution in [1.29, 1.82) is 0 Å². The van der Waals surface area contributed by atoms with E-state index in [1.54, 1.807) is 0 Å². The quantitative estimate of drug-likeness (QED) is 0.358. The van der Waals surface area contributed by atoms with E-state index in [1.165, 1.54) is 0 Å². The first-order valence-corrected chi connectivity index (χ1v) is 11.0. The van der Waals surface area contributed by atoms with Crippen LogP contribution in [0.1, 0.15) is 182 Å². The molecule has 0 fully saturated rings. The molecule has 29 heavy (non-hydrogen) atoms. The molecule has 0 rings (SSSR count). The molecule has 0 heteroatoms. The van der Waals surface area contributed by atoms with Crippen LogP contribution < -0.4 is 0 Å². The fourth-order valence-corrected chi connectivity index (χ4v) is 0. The summed E-state index contributed by atoms with van der Waals surface area (Å²) in [5.74, 6) is 0. The Morgan fingerprint density at radius 3 is 0.207 bits per heavy atom. The van der Waals surface area contributed by atoms with Crippen LogP contribution in [0.15, 0.2) is 0 Å². The fourth-order valence-electron chi connectivity index (χ4n) is 0. The van der Waals surface area contributed by atoms with Crippen LogP contribution in [0, 0.1) is 16.2 Å². The molecule has 0 nitrogen and oxygen atoms in total. The summed E-state index contributed by atoms with van der Waals surface area (Å²) in [4.78, 5) is 0. The van der Waals surface area contributed by atoms with Crippen LogP contribution in [-0.4, -0.2) is 0 Å². The Kier molecular flexibility index (Phi) is 171. The second-order valence-corrected chi connectivity index (χ2v) is 9.00. The monoisotopic (exact) mass is 431 g/mol. The molecule has 0 N–H and O–H groups in total. The summed E-state index contributed by atoms with van der Waals surface area (Å²) in [5.41, 5.74) is 1.50. The first-order chi connectivity index (χ1) is 11.0. The third-order valence-corrected chi connectivity index (χ3v) is 0. The highest BCUT2D eigenvalue weighted by atomic mass is 14.0. The maximum Gasteiger partial charge on any atom is -0.0411 e. The van der Waals surface area contributed by atoms with E-state index in [-0.39, 0.29) is 29.7 Å². The van der Waals surface area contributed by atoms with Gasteiger partial charge < -0.3 is 0 Å². The second-order valence-electron chi connectivity index (χ2n) is 9.00. The van der Waals surface area contributed by atoms with Crippen molar-refractivity contribution in [2.45, 2.75) is 182 Å². The standard InChI is InChI=1S/3C5H12.5C2H6.4CH4/c3*1-5(2,3)4;5*1-2;;;;/h3*1-4H3;5*1-2H3;4*1H4. The molecule has 0 aliphatic heterocycles. The zero-order valence-electron chi connectivity index (χ0n) is 23.5. The highest BCUT2D eigenvalue weighted by Crippen LogP contribution is 2.08. The van der Waals surface area contributed by atoms with Gasteiger partial charge in [0.15, 0.2) is 0 Å². The van der Waals surface area contributed by atoms with Gasteiger partial charge in [-0.3, -0.25) is 0 Å². The summed E-state index contributed by atoms with van der Waals surface area (Å²) in [7, 11) is 0. The third kappa shape index (κ3) is 0. The van der Waals surface area contributed by atoms with E-state index in [0.29, 0.717) is 16.2 Å². The Hall–Kier alpha value is 0. The molecule has 0 spiro atoms. The van der Waals surface area contributed by atoms with Gasteiger partial charge in [0.25, 0.3) is 0 Å². The molecule has 0 aliphatic rings. The first kappa shape index (κ1) is 78.7. The predicted octanol–water partition coefficient (Wildman–Crippen LogP) is 13.8. The van der Waals surface area contributed by atoms with E-state index in [1.807, 2.05) is 69.2 Å². The van der Waals surface area contributed by atoms with Gasteiger partial charge >= 0.3 is 0 Å². The zero-order chi connectivity index (χ0) is 23.5. The van der Waals surface area contributed by atoms with Crippen molar-refractivity contribution >= 4 is 0 Å². The minimum Gasteiger partial charge on any atom is -0.0776 e. The minimum atomic E-state index is 0. The van der Waals surface area contributed by atoms with E-state index >= 15 is 0 Å². The molecule has 0 amide bonds. The topological polar surface area (TPSA) is 0 Å². The predicted molar refractivity (Wildman–Crippen MR) is 159 cm³/mol. The van der Waals surface area contributed by atoms with Crippen molar-refractivity contribution in [2.24, 2.45) is 16.2 Å². The molecule has 0 bridgehead atoms. The Morgan fingerprint density at radius 1 is 0.207 bits per heavy atom. The van der Waals surface area contributed by atoms with Gasteiger partial charge in [0.2, 0.25) is 0 Å². The highest BCUT2D eigenvalue weighted by molar-refractivity contribution is 4.48. The Bertz CT molecular complexity index is 75.1. The molecule has 0 atom stereocenters. The van der Waals surface area contributed by atoms with E-state index < -0.39 is 0 Å². The Balaban J connectivity index is -0.0000000116. The van der Waals surface area contributed by atoms with Gasteiger partial charge in [-0.25, -0.2) is 0 Å². The lowest BCUT2D eigenvalue weighted by Gasteiger charge is -2.05. The number of rotatable bonds is 0. The normalized spacial score (nSPS) is 7.24. The van der Waals surface area contributed by atoms with Crippen molar-refractivity contribution in [3.63, 3.8) is 0 Å². The molecule has 198 valence electrons. The van der Waals surface area contributed by atoms with Crippen LogP contribution >= 0.6 is 0 Å². The minimum absolute atomic E-state index is 0. The van der Waals surface area contributed by atoms with Crippen LogP contribution in [0.4, 0.5) is 0 Å². The average molecular weight is 431 g/mol. The van der Waals surface area contributed by atoms with Gasteiger partial charge in [-0.1, -0.05) is 182 Å². The molecule has 0 aromatic rings. The largest absolute Gasteiger partial charge is 0.0776 e. The van der Waals surface area contributed by atoms with Crippen LogP contribution in [0.5, 0.6) is 0 Å². The average Bonchev–Trinajstić information content (AvgIpc) is 2.44. The Labute approximate surface area is 198 Å². The highest BCUT2D eigenvalue weighted by Gasteiger charge is 1.96. The van der Waals surface area contributed by atoms with Crippen molar-refractivity contribution in [3.05, 3.63) is 0 Å². The summed E-state index contributed by atoms with van der Waals surface area (Å²) < 4.78 is 0. The molecular weight excluding hydrogens is 348 g/mol. The van der Waals surface area contributed by atoms with Crippen LogP contribution in [0.3, 0.4) is 0 Å². The molecule has 0 aromatic heterocycles. The number of hydrogen-bond donors (Lipinski definition) is 0. The maximum absolute atomic E-state index is 2.19. The molecule has 0 radical (unpaired) electrons. The molecule has 0 saturated heterocycles. The molecule has 0 aromatic carbocycles. The third-order valence-electron chi connectivity index (χ3n) is 0. The lowest BCUT2D eigenvalue weighted by molar-refractivity contribution is 0.469. The zero-order valence-corrected chi connectivity index (χ0v) is 23.5. The van der Waals surface area contributed by atoms with E-state index in [0.717, 1.165) is 0 Å². The summed E-state index contributed by atoms with van der Waals surface area (Å²) in [6.45, 7) is 46.2. The smallest absolute Gasteiger partial charge is 0.0411 e. The maximum atomic E-state index is 2.19. The lowest BCUT2D eigenvalue weighted by atomic mass is 10.0. The summed E-state index contributed by atoms with van der Waals surface area (Å²) in [6.07, 6.45) is 0. The van der Waals surface area contributed by atoms with Gasteiger partial charge in [0.05, 0.1) is 0 Å². The van der Waals surface area contributed by atoms with Gasteiger partial charge in [-0.05, 0) is 16.2 Å². The van der Waals surface area contributed by atoms with E-state index in [2.05, 4.69) is 83.1 Å². The van der Waals surface area contributed by atoms with Crippen molar-refractivity contribution in [3.8, 4) is 0 Å². The van der Waals surface area contributed by atoms with Gasteiger partial charge in [-0.2, -0.15) is 0 Å². The van der Waals surface area contributed by atoms with Crippen molar-refractivity contribution in [2.75, 3.05) is 0 Å². The van der Waals surface area contributed by atoms with E-state index in [4.69, 9.17) is 0 Å². The summed E-state index contributed by atoms with van der Waals surface area (Å²) in [5, 5.41) is 0. The van der Waals surface area contributed by atoms with Gasteiger partial charge in [0, 0.05) is 0 Å². The lowest BCUT2D eigenvalue weighted by Crippen LogP contribution is -1.93. The Morgan fingerprint density at radius 2 is 0.207 bits per heavy atom. The fraction of sp³-hybridized carbons (Fsp3) is 1.00. The van der Waals surface area contributed by atoms with Crippen molar-refractivity contribution in [1.82, 2.24) is 0 Å². The number of hydrogen-bond acceptors (Lipinski definition) is 0. The molecule has 0 unspecified atom stereocenters. The summed E-state index contributed by atoms with van der Waals surface area (Å²) >= 11 is 0. The summed E-state index contributed by atoms with van der Waals surface area (Å²) in [6, 6.07) is 0. The first-order valence-electron chi connectivity index (χ1n) is 11.0. The van der Waals surface area contributed by atoms with Crippen LogP contribution in [0.2, 0.25) is 0 Å². The van der Waals surface area contributed by atoms with Gasteiger partial charge in [-0.15, -0.1) is 0 Å². The molecule has 0 heterocycles. The van der Waals surface area contributed by atoms with Crippen LogP contribution in [0.25, 0.3) is 0 Å². The molecule has 0 aliphatic carbocycles. The van der Waals surface area contributed by atoms with Crippen LogP contribution in [-0.2, 0) is 0 Å². The second kappa shape index (κ2) is 63.0. The SMILES string of the molecule is C.C.C.C.CC.CC.CC.CC.CC.CC(C)(C)C.CC(C)(C)C.CC(C)(C)C. The van der Waals surface area contributed by atoms with Gasteiger partial charge in [0.1, 0.15) is 0 Å². The van der Waals surface area contributed by atoms with Crippen molar-refractivity contribution < 1.29 is 0 Å². The molecule has 0 saturated carbocycles. The van der Waals surface area contributed by atoms with E-state index in [9.17, 15) is 0 Å².